The van der Waals surface area contributed by atoms with Crippen LogP contribution in [0.5, 0.6) is 0 Å². The number of hydrogen-bond donors (Lipinski definition) is 0. The van der Waals surface area contributed by atoms with Crippen molar-refractivity contribution in [3.8, 4) is 0 Å². The molecular formula is C16H17FO2. The number of para-hydroxylation sites is 1. The van der Waals surface area contributed by atoms with Crippen LogP contribution >= 0.6 is 0 Å². The minimum absolute atomic E-state index is 0.0301. The molecule has 0 unspecified atom stereocenters. The molecule has 1 aliphatic carbocycles. The Balaban J connectivity index is 1.87. The van der Waals surface area contributed by atoms with Crippen molar-refractivity contribution in [2.75, 3.05) is 0 Å². The van der Waals surface area contributed by atoms with Crippen molar-refractivity contribution < 1.29 is 13.6 Å². The minimum Gasteiger partial charge on any atom is -0.450 e. The van der Waals surface area contributed by atoms with Crippen molar-refractivity contribution in [1.82, 2.24) is 0 Å². The Morgan fingerprint density at radius 2 is 2.00 bits per heavy atom. The second-order valence-corrected chi connectivity index (χ2v) is 5.59. The van der Waals surface area contributed by atoms with E-state index in [2.05, 4.69) is 6.92 Å². The van der Waals surface area contributed by atoms with E-state index in [9.17, 15) is 9.18 Å². The average Bonchev–Trinajstić information content (AvgIpc) is 2.84. The normalized spacial score (nSPS) is 23.7. The van der Waals surface area contributed by atoms with Crippen LogP contribution in [0.2, 0.25) is 0 Å². The lowest BCUT2D eigenvalue weighted by Gasteiger charge is -2.24. The van der Waals surface area contributed by atoms with Crippen LogP contribution in [0.1, 0.15) is 43.2 Å². The van der Waals surface area contributed by atoms with Crippen molar-refractivity contribution in [2.24, 2.45) is 11.8 Å². The molecule has 2 aromatic rings. The summed E-state index contributed by atoms with van der Waals surface area (Å²) >= 11 is 0. The molecule has 3 rings (SSSR count). The Morgan fingerprint density at radius 3 is 2.68 bits per heavy atom. The zero-order chi connectivity index (χ0) is 13.4. The maximum Gasteiger partial charge on any atom is 0.201 e. The molecule has 100 valence electrons. The van der Waals surface area contributed by atoms with Gasteiger partial charge in [0.1, 0.15) is 0 Å². The lowest BCUT2D eigenvalue weighted by atomic mass is 9.80. The van der Waals surface area contributed by atoms with Gasteiger partial charge in [-0.2, -0.15) is 0 Å². The second-order valence-electron chi connectivity index (χ2n) is 5.59. The summed E-state index contributed by atoms with van der Waals surface area (Å²) in [7, 11) is 0. The molecule has 0 bridgehead atoms. The summed E-state index contributed by atoms with van der Waals surface area (Å²) in [6.07, 6.45) is 4.01. The summed E-state index contributed by atoms with van der Waals surface area (Å²) in [5, 5.41) is 0.660. The molecule has 1 aromatic carbocycles. The fraction of sp³-hybridized carbons (Fsp3) is 0.438. The SMILES string of the molecule is CC1CCC(C(=O)c2cc3cccc(F)c3o2)CC1. The third-order valence-corrected chi connectivity index (χ3v) is 4.13. The first-order valence-electron chi connectivity index (χ1n) is 6.87. The smallest absolute Gasteiger partial charge is 0.201 e. The Kier molecular flexibility index (Phi) is 3.13. The van der Waals surface area contributed by atoms with Gasteiger partial charge in [-0.15, -0.1) is 0 Å². The molecule has 0 radical (unpaired) electrons. The lowest BCUT2D eigenvalue weighted by Crippen LogP contribution is -2.20. The molecular weight excluding hydrogens is 243 g/mol. The zero-order valence-electron chi connectivity index (χ0n) is 11.0. The van der Waals surface area contributed by atoms with Gasteiger partial charge >= 0.3 is 0 Å². The maximum atomic E-state index is 13.6. The van der Waals surface area contributed by atoms with Crippen LogP contribution in [0.15, 0.2) is 28.7 Å². The summed E-state index contributed by atoms with van der Waals surface area (Å²) in [5.74, 6) is 0.674. The quantitative estimate of drug-likeness (QED) is 0.740. The predicted octanol–water partition coefficient (Wildman–Crippen LogP) is 4.58. The molecule has 3 heteroatoms. The highest BCUT2D eigenvalue weighted by Gasteiger charge is 2.27. The molecule has 0 amide bonds. The van der Waals surface area contributed by atoms with Gasteiger partial charge in [0.2, 0.25) is 5.78 Å². The van der Waals surface area contributed by atoms with Crippen LogP contribution in [-0.4, -0.2) is 5.78 Å². The van der Waals surface area contributed by atoms with E-state index in [0.717, 1.165) is 25.7 Å². The van der Waals surface area contributed by atoms with Crippen molar-refractivity contribution in [2.45, 2.75) is 32.6 Å². The average molecular weight is 260 g/mol. The molecule has 0 saturated heterocycles. The fourth-order valence-corrected chi connectivity index (χ4v) is 2.87. The van der Waals surface area contributed by atoms with Gasteiger partial charge in [0.15, 0.2) is 17.2 Å². The fourth-order valence-electron chi connectivity index (χ4n) is 2.87. The van der Waals surface area contributed by atoms with Crippen molar-refractivity contribution in [3.05, 3.63) is 35.8 Å². The first-order valence-corrected chi connectivity index (χ1v) is 6.87. The lowest BCUT2D eigenvalue weighted by molar-refractivity contribution is 0.0848. The van der Waals surface area contributed by atoms with Crippen molar-refractivity contribution >= 4 is 16.8 Å². The third kappa shape index (κ3) is 2.29. The van der Waals surface area contributed by atoms with Gasteiger partial charge in [0, 0.05) is 11.3 Å². The number of carbonyl (C=O) groups excluding carboxylic acids is 1. The first-order chi connectivity index (χ1) is 9.15. The van der Waals surface area contributed by atoms with Crippen LogP contribution < -0.4 is 0 Å². The summed E-state index contributed by atoms with van der Waals surface area (Å²) in [6, 6.07) is 6.41. The van der Waals surface area contributed by atoms with Crippen molar-refractivity contribution in [3.63, 3.8) is 0 Å². The number of Topliss-reactive ketones (excluding diaryl/α,β-unsaturated/α-hetero) is 1. The Labute approximate surface area is 111 Å². The Morgan fingerprint density at radius 1 is 1.26 bits per heavy atom. The van der Waals surface area contributed by atoms with E-state index in [1.54, 1.807) is 18.2 Å². The number of furan rings is 1. The van der Waals surface area contributed by atoms with Crippen LogP contribution in [0.4, 0.5) is 4.39 Å². The topological polar surface area (TPSA) is 30.2 Å². The molecule has 1 saturated carbocycles. The van der Waals surface area contributed by atoms with Gasteiger partial charge in [-0.25, -0.2) is 4.39 Å². The number of fused-ring (bicyclic) bond motifs is 1. The summed E-state index contributed by atoms with van der Waals surface area (Å²) in [5.41, 5.74) is 0.190. The highest BCUT2D eigenvalue weighted by Crippen LogP contribution is 2.32. The number of rotatable bonds is 2. The number of ketones is 1. The monoisotopic (exact) mass is 260 g/mol. The van der Waals surface area contributed by atoms with Gasteiger partial charge in [-0.05, 0) is 30.9 Å². The van der Waals surface area contributed by atoms with Crippen LogP contribution in [-0.2, 0) is 0 Å². The Bertz CT molecular complexity index is 606. The summed E-state index contributed by atoms with van der Waals surface area (Å²) in [4.78, 5) is 12.4. The number of benzene rings is 1. The first kappa shape index (κ1) is 12.4. The molecule has 0 spiro atoms. The van der Waals surface area contributed by atoms with Gasteiger partial charge in [-0.3, -0.25) is 4.79 Å². The molecule has 1 aromatic heterocycles. The number of carbonyl (C=O) groups is 1. The highest BCUT2D eigenvalue weighted by molar-refractivity contribution is 5.99. The number of halogens is 1. The van der Waals surface area contributed by atoms with E-state index in [-0.39, 0.29) is 17.3 Å². The summed E-state index contributed by atoms with van der Waals surface area (Å²) in [6.45, 7) is 2.22. The van der Waals surface area contributed by atoms with Crippen LogP contribution in [0.25, 0.3) is 11.0 Å². The largest absolute Gasteiger partial charge is 0.450 e. The predicted molar refractivity (Wildman–Crippen MR) is 71.6 cm³/mol. The van der Waals surface area contributed by atoms with Gasteiger partial charge in [0.05, 0.1) is 0 Å². The maximum absolute atomic E-state index is 13.6. The molecule has 19 heavy (non-hydrogen) atoms. The van der Waals surface area contributed by atoms with Crippen LogP contribution in [0, 0.1) is 17.7 Å². The number of hydrogen-bond acceptors (Lipinski definition) is 2. The summed E-state index contributed by atoms with van der Waals surface area (Å²) < 4.78 is 19.0. The third-order valence-electron chi connectivity index (χ3n) is 4.13. The van der Waals surface area contributed by atoms with E-state index >= 15 is 0 Å². The van der Waals surface area contributed by atoms with E-state index in [0.29, 0.717) is 17.1 Å². The van der Waals surface area contributed by atoms with E-state index in [4.69, 9.17) is 4.42 Å². The molecule has 2 nitrogen and oxygen atoms in total. The molecule has 0 aliphatic heterocycles. The van der Waals surface area contributed by atoms with Crippen molar-refractivity contribution in [1.29, 1.82) is 0 Å². The second kappa shape index (κ2) is 4.80. The van der Waals surface area contributed by atoms with Gasteiger partial charge in [0.25, 0.3) is 0 Å². The van der Waals surface area contributed by atoms with Crippen LogP contribution in [0.3, 0.4) is 0 Å². The Hall–Kier alpha value is -1.64. The molecule has 1 heterocycles. The standard InChI is InChI=1S/C16H17FO2/c1-10-5-7-11(8-6-10)15(18)14-9-12-3-2-4-13(17)16(12)19-14/h2-4,9-11H,5-8H2,1H3. The minimum atomic E-state index is -0.409. The zero-order valence-corrected chi connectivity index (χ0v) is 11.0. The highest BCUT2D eigenvalue weighted by atomic mass is 19.1. The van der Waals surface area contributed by atoms with E-state index in [1.165, 1.54) is 6.07 Å². The van der Waals surface area contributed by atoms with E-state index < -0.39 is 5.82 Å². The van der Waals surface area contributed by atoms with Gasteiger partial charge in [-0.1, -0.05) is 31.9 Å². The molecule has 1 fully saturated rings. The molecule has 1 aliphatic rings. The van der Waals surface area contributed by atoms with Gasteiger partial charge < -0.3 is 4.42 Å². The molecule has 0 N–H and O–H groups in total. The molecule has 0 atom stereocenters. The van der Waals surface area contributed by atoms with E-state index in [1.807, 2.05) is 0 Å².